The van der Waals surface area contributed by atoms with E-state index in [9.17, 15) is 0 Å². The highest BCUT2D eigenvalue weighted by Crippen LogP contribution is 2.20. The highest BCUT2D eigenvalue weighted by molar-refractivity contribution is 5.85. The molecular weight excluding hydrogens is 266 g/mol. The maximum absolute atomic E-state index is 2.66. The summed E-state index contributed by atoms with van der Waals surface area (Å²) in [5, 5.41) is 2.78. The number of benzene rings is 2. The van der Waals surface area contributed by atoms with Gasteiger partial charge in [-0.1, -0.05) is 82.0 Å². The van der Waals surface area contributed by atoms with Crippen LogP contribution in [0, 0.1) is 0 Å². The molecule has 0 atom stereocenters. The maximum Gasteiger partial charge on any atom is 0.0239 e. The first-order valence-corrected chi connectivity index (χ1v) is 9.04. The lowest BCUT2D eigenvalue weighted by molar-refractivity contribution is 0.255. The maximum atomic E-state index is 2.66. The summed E-state index contributed by atoms with van der Waals surface area (Å²) in [6, 6.07) is 15.5. The van der Waals surface area contributed by atoms with Gasteiger partial charge < -0.3 is 0 Å². The molecule has 0 saturated carbocycles. The fourth-order valence-corrected chi connectivity index (χ4v) is 3.11. The van der Waals surface area contributed by atoms with Gasteiger partial charge in [-0.2, -0.15) is 0 Å². The van der Waals surface area contributed by atoms with Crippen LogP contribution in [0.1, 0.15) is 57.9 Å². The minimum Gasteiger partial charge on any atom is -0.299 e. The van der Waals surface area contributed by atoms with Crippen LogP contribution in [0.4, 0.5) is 0 Å². The fourth-order valence-electron chi connectivity index (χ4n) is 3.11. The van der Waals surface area contributed by atoms with E-state index in [-0.39, 0.29) is 0 Å². The summed E-state index contributed by atoms with van der Waals surface area (Å²) in [6.45, 7) is 8.13. The van der Waals surface area contributed by atoms with Crippen LogP contribution in [0.2, 0.25) is 0 Å². The van der Waals surface area contributed by atoms with E-state index in [2.05, 4.69) is 61.2 Å². The largest absolute Gasteiger partial charge is 0.299 e. The number of unbranched alkanes of at least 4 members (excludes halogenated alkanes) is 4. The van der Waals surface area contributed by atoms with E-state index in [1.807, 2.05) is 0 Å². The molecule has 120 valence electrons. The molecule has 22 heavy (non-hydrogen) atoms. The fraction of sp³-hybridized carbons (Fsp3) is 0.524. The topological polar surface area (TPSA) is 3.24 Å². The normalized spacial score (nSPS) is 11.4. The van der Waals surface area contributed by atoms with Crippen LogP contribution in [-0.4, -0.2) is 18.0 Å². The van der Waals surface area contributed by atoms with E-state index in [1.165, 1.54) is 68.0 Å². The van der Waals surface area contributed by atoms with Gasteiger partial charge in [0.1, 0.15) is 0 Å². The average Bonchev–Trinajstić information content (AvgIpc) is 2.55. The molecule has 0 aliphatic carbocycles. The predicted molar refractivity (Wildman–Crippen MR) is 98.3 cm³/mol. The minimum absolute atomic E-state index is 1.09. The lowest BCUT2D eigenvalue weighted by Gasteiger charge is -2.23. The van der Waals surface area contributed by atoms with Gasteiger partial charge in [-0.05, 0) is 42.3 Å². The van der Waals surface area contributed by atoms with Crippen LogP contribution in [0.3, 0.4) is 0 Å². The van der Waals surface area contributed by atoms with Gasteiger partial charge >= 0.3 is 0 Å². The van der Waals surface area contributed by atoms with Gasteiger partial charge in [-0.15, -0.1) is 0 Å². The second kappa shape index (κ2) is 9.63. The van der Waals surface area contributed by atoms with Crippen LogP contribution in [0.25, 0.3) is 10.8 Å². The standard InChI is InChI=1S/C21H31N/c1-3-5-9-16-22(17-10-6-4-2)18-20-14-11-13-19-12-7-8-15-21(19)20/h7-8,11-15H,3-6,9-10,16-18H2,1-2H3. The molecule has 2 rings (SSSR count). The third-order valence-corrected chi connectivity index (χ3v) is 4.43. The molecule has 0 amide bonds. The molecule has 0 heterocycles. The van der Waals surface area contributed by atoms with Gasteiger partial charge in [0.15, 0.2) is 0 Å². The second-order valence-electron chi connectivity index (χ2n) is 6.33. The van der Waals surface area contributed by atoms with Crippen LogP contribution >= 0.6 is 0 Å². The zero-order valence-electron chi connectivity index (χ0n) is 14.4. The van der Waals surface area contributed by atoms with E-state index in [4.69, 9.17) is 0 Å². The molecule has 0 aliphatic heterocycles. The Kier molecular flexibility index (Phi) is 7.45. The molecule has 1 nitrogen and oxygen atoms in total. The monoisotopic (exact) mass is 297 g/mol. The Hall–Kier alpha value is -1.34. The van der Waals surface area contributed by atoms with E-state index in [0.29, 0.717) is 0 Å². The quantitative estimate of drug-likeness (QED) is 0.484. The number of hydrogen-bond donors (Lipinski definition) is 0. The number of nitrogens with zero attached hydrogens (tertiary/aromatic N) is 1. The summed E-state index contributed by atoms with van der Waals surface area (Å²) in [6.07, 6.45) is 7.95. The lowest BCUT2D eigenvalue weighted by Crippen LogP contribution is -2.25. The van der Waals surface area contributed by atoms with Crippen LogP contribution < -0.4 is 0 Å². The van der Waals surface area contributed by atoms with Crippen LogP contribution in [-0.2, 0) is 6.54 Å². The zero-order chi connectivity index (χ0) is 15.6. The molecule has 0 spiro atoms. The van der Waals surface area contributed by atoms with Gasteiger partial charge in [0.25, 0.3) is 0 Å². The van der Waals surface area contributed by atoms with Crippen molar-refractivity contribution in [2.75, 3.05) is 13.1 Å². The van der Waals surface area contributed by atoms with Crippen molar-refractivity contribution in [3.63, 3.8) is 0 Å². The molecule has 0 saturated heterocycles. The van der Waals surface area contributed by atoms with Crippen molar-refractivity contribution < 1.29 is 0 Å². The highest BCUT2D eigenvalue weighted by atomic mass is 15.1. The lowest BCUT2D eigenvalue weighted by atomic mass is 10.0. The Balaban J connectivity index is 2.06. The summed E-state index contributed by atoms with van der Waals surface area (Å²) in [7, 11) is 0. The smallest absolute Gasteiger partial charge is 0.0239 e. The van der Waals surface area contributed by atoms with Crippen molar-refractivity contribution in [3.8, 4) is 0 Å². The minimum atomic E-state index is 1.09. The van der Waals surface area contributed by atoms with Gasteiger partial charge in [-0.25, -0.2) is 0 Å². The Morgan fingerprint density at radius 1 is 0.727 bits per heavy atom. The van der Waals surface area contributed by atoms with Crippen molar-refractivity contribution in [3.05, 3.63) is 48.0 Å². The van der Waals surface area contributed by atoms with Crippen LogP contribution in [0.5, 0.6) is 0 Å². The van der Waals surface area contributed by atoms with Gasteiger partial charge in [0.05, 0.1) is 0 Å². The number of rotatable bonds is 10. The summed E-state index contributed by atoms with van der Waals surface area (Å²) < 4.78 is 0. The number of fused-ring (bicyclic) bond motifs is 1. The summed E-state index contributed by atoms with van der Waals surface area (Å²) in [5.74, 6) is 0. The van der Waals surface area contributed by atoms with E-state index < -0.39 is 0 Å². The Labute approximate surface area is 136 Å². The average molecular weight is 297 g/mol. The molecule has 0 unspecified atom stereocenters. The number of hydrogen-bond acceptors (Lipinski definition) is 1. The molecule has 0 aliphatic rings. The molecule has 2 aromatic rings. The molecule has 0 fully saturated rings. The third kappa shape index (κ3) is 5.14. The Morgan fingerprint density at radius 2 is 1.36 bits per heavy atom. The van der Waals surface area contributed by atoms with Crippen molar-refractivity contribution in [1.29, 1.82) is 0 Å². The first kappa shape index (κ1) is 17.0. The highest BCUT2D eigenvalue weighted by Gasteiger charge is 2.08. The second-order valence-corrected chi connectivity index (χ2v) is 6.33. The van der Waals surface area contributed by atoms with E-state index >= 15 is 0 Å². The zero-order valence-corrected chi connectivity index (χ0v) is 14.4. The summed E-state index contributed by atoms with van der Waals surface area (Å²) in [4.78, 5) is 2.66. The SMILES string of the molecule is CCCCCN(CCCCC)Cc1cccc2ccccc12. The molecule has 0 aromatic heterocycles. The van der Waals surface area contributed by atoms with Gasteiger partial charge in [0, 0.05) is 6.54 Å². The molecule has 0 radical (unpaired) electrons. The van der Waals surface area contributed by atoms with Gasteiger partial charge in [-0.3, -0.25) is 4.90 Å². The van der Waals surface area contributed by atoms with Crippen molar-refractivity contribution in [2.24, 2.45) is 0 Å². The van der Waals surface area contributed by atoms with E-state index in [0.717, 1.165) is 6.54 Å². The summed E-state index contributed by atoms with van der Waals surface area (Å²) in [5.41, 5.74) is 1.48. The molecule has 0 N–H and O–H groups in total. The molecular formula is C21H31N. The third-order valence-electron chi connectivity index (χ3n) is 4.43. The van der Waals surface area contributed by atoms with Crippen molar-refractivity contribution >= 4 is 10.8 Å². The molecule has 2 aromatic carbocycles. The van der Waals surface area contributed by atoms with Crippen molar-refractivity contribution in [2.45, 2.75) is 58.9 Å². The first-order valence-electron chi connectivity index (χ1n) is 9.04. The Morgan fingerprint density at radius 3 is 2.05 bits per heavy atom. The van der Waals surface area contributed by atoms with Gasteiger partial charge in [0.2, 0.25) is 0 Å². The predicted octanol–water partition coefficient (Wildman–Crippen LogP) is 6.02. The summed E-state index contributed by atoms with van der Waals surface area (Å²) >= 11 is 0. The first-order chi connectivity index (χ1) is 10.8. The molecule has 1 heteroatoms. The molecule has 0 bridgehead atoms. The van der Waals surface area contributed by atoms with E-state index in [1.54, 1.807) is 0 Å². The van der Waals surface area contributed by atoms with Crippen LogP contribution in [0.15, 0.2) is 42.5 Å². The Bertz CT molecular complexity index is 531. The van der Waals surface area contributed by atoms with Crippen molar-refractivity contribution in [1.82, 2.24) is 4.90 Å².